The summed E-state index contributed by atoms with van der Waals surface area (Å²) >= 11 is 7.11. The van der Waals surface area contributed by atoms with Crippen LogP contribution in [0, 0.1) is 0 Å². The van der Waals surface area contributed by atoms with Gasteiger partial charge in [-0.1, -0.05) is 17.7 Å². The maximum absolute atomic E-state index is 12.9. The van der Waals surface area contributed by atoms with E-state index in [-0.39, 0.29) is 23.4 Å². The molecule has 0 amide bonds. The summed E-state index contributed by atoms with van der Waals surface area (Å²) in [6.45, 7) is 2.70. The van der Waals surface area contributed by atoms with Gasteiger partial charge in [0, 0.05) is 12.3 Å². The molecule has 0 bridgehead atoms. The van der Waals surface area contributed by atoms with Crippen LogP contribution >= 0.6 is 22.9 Å². The Hall–Kier alpha value is -2.71. The Morgan fingerprint density at radius 3 is 2.69 bits per heavy atom. The van der Waals surface area contributed by atoms with E-state index >= 15 is 0 Å². The maximum Gasteiger partial charge on any atom is 0.354 e. The zero-order valence-corrected chi connectivity index (χ0v) is 15.5. The van der Waals surface area contributed by atoms with E-state index in [4.69, 9.17) is 11.6 Å². The van der Waals surface area contributed by atoms with Crippen molar-refractivity contribution in [2.45, 2.75) is 20.4 Å². The lowest BCUT2D eigenvalue weighted by Gasteiger charge is -2.10. The number of Topliss-reactive ketones (excluding diaryl/α,β-unsaturated/α-hetero) is 1. The third-order valence-corrected chi connectivity index (χ3v) is 4.93. The van der Waals surface area contributed by atoms with Crippen molar-refractivity contribution in [3.8, 4) is 5.88 Å². The van der Waals surface area contributed by atoms with Crippen LogP contribution in [0.2, 0.25) is 4.47 Å². The van der Waals surface area contributed by atoms with Gasteiger partial charge in [0.05, 0.1) is 16.6 Å². The molecule has 0 aliphatic rings. The average molecular weight is 393 g/mol. The van der Waals surface area contributed by atoms with Gasteiger partial charge in [-0.05, 0) is 19.9 Å². The van der Waals surface area contributed by atoms with Crippen molar-refractivity contribution in [3.05, 3.63) is 61.6 Å². The third-order valence-electron chi connectivity index (χ3n) is 3.83. The summed E-state index contributed by atoms with van der Waals surface area (Å²) in [5.74, 6) is -1.28. The van der Waals surface area contributed by atoms with Gasteiger partial charge in [-0.25, -0.2) is 9.78 Å². The van der Waals surface area contributed by atoms with E-state index in [2.05, 4.69) is 4.98 Å². The van der Waals surface area contributed by atoms with E-state index in [0.717, 1.165) is 4.88 Å². The van der Waals surface area contributed by atoms with Crippen LogP contribution in [0.1, 0.15) is 24.3 Å². The lowest BCUT2D eigenvalue weighted by molar-refractivity contribution is -0.671. The number of aromatic hydroxyl groups is 1. The Balaban J connectivity index is 2.39. The number of fused-ring (bicyclic) bond motifs is 1. The van der Waals surface area contributed by atoms with Crippen molar-refractivity contribution < 1.29 is 19.6 Å². The normalized spacial score (nSPS) is 12.3. The van der Waals surface area contributed by atoms with E-state index in [1.165, 1.54) is 40.3 Å². The number of allylic oxidation sites excluding steroid dienone is 2. The quantitative estimate of drug-likeness (QED) is 0.403. The molecule has 0 atom stereocenters. The molecule has 2 N–H and O–H groups in total. The minimum Gasteiger partial charge on any atom is -0.512 e. The molecule has 0 unspecified atom stereocenters. The summed E-state index contributed by atoms with van der Waals surface area (Å²) in [6, 6.07) is 5.05. The number of hydrogen-bond acceptors (Lipinski definition) is 6. The molecule has 134 valence electrons. The van der Waals surface area contributed by atoms with E-state index in [1.54, 1.807) is 24.4 Å². The number of nitrogens with zero attached hydrogens (tertiary/aromatic N) is 3. The largest absolute Gasteiger partial charge is 0.512 e. The Bertz CT molecular complexity index is 1110. The molecule has 0 saturated heterocycles. The minimum atomic E-state index is -0.602. The fraction of sp³-hybridized carbons (Fsp3) is 0.176. The first-order valence-electron chi connectivity index (χ1n) is 7.58. The molecule has 3 rings (SSSR count). The van der Waals surface area contributed by atoms with E-state index in [1.807, 2.05) is 0 Å². The van der Waals surface area contributed by atoms with Crippen LogP contribution in [0.25, 0.3) is 11.2 Å². The predicted octanol–water partition coefficient (Wildman–Crippen LogP) is 2.33. The first-order valence-corrected chi connectivity index (χ1v) is 8.78. The van der Waals surface area contributed by atoms with Crippen LogP contribution in [0.15, 0.2) is 41.1 Å². The highest BCUT2D eigenvalue weighted by molar-refractivity contribution is 7.15. The molecule has 0 aliphatic carbocycles. The summed E-state index contributed by atoms with van der Waals surface area (Å²) in [4.78, 5) is 29.6. The van der Waals surface area contributed by atoms with E-state index < -0.39 is 17.2 Å². The Labute approximate surface area is 157 Å². The summed E-state index contributed by atoms with van der Waals surface area (Å²) in [5.41, 5.74) is -0.657. The first-order chi connectivity index (χ1) is 12.3. The molecule has 3 aromatic heterocycles. The van der Waals surface area contributed by atoms with Gasteiger partial charge in [-0.2, -0.15) is 8.97 Å². The topological polar surface area (TPSA) is 95.8 Å². The van der Waals surface area contributed by atoms with Crippen LogP contribution < -0.4 is 10.1 Å². The highest BCUT2D eigenvalue weighted by Gasteiger charge is 2.29. The van der Waals surface area contributed by atoms with Gasteiger partial charge in [0.1, 0.15) is 12.3 Å². The molecule has 0 saturated carbocycles. The number of pyridine rings is 1. The Kier molecular flexibility index (Phi) is 4.80. The van der Waals surface area contributed by atoms with Crippen molar-refractivity contribution in [3.63, 3.8) is 0 Å². The number of halogens is 1. The number of carbonyl (C=O) groups excluding carboxylic acids is 1. The van der Waals surface area contributed by atoms with Crippen LogP contribution in [0.4, 0.5) is 0 Å². The number of carbonyl (C=O) groups is 1. The van der Waals surface area contributed by atoms with Crippen LogP contribution in [0.3, 0.4) is 0 Å². The maximum atomic E-state index is 12.9. The molecular weight excluding hydrogens is 378 g/mol. The van der Waals surface area contributed by atoms with Crippen molar-refractivity contribution in [2.75, 3.05) is 0 Å². The number of aliphatic hydroxyl groups excluding tert-OH is 1. The van der Waals surface area contributed by atoms with Crippen molar-refractivity contribution in [2.24, 2.45) is 0 Å². The highest BCUT2D eigenvalue weighted by atomic mass is 35.5. The van der Waals surface area contributed by atoms with Gasteiger partial charge >= 0.3 is 5.56 Å². The van der Waals surface area contributed by atoms with Gasteiger partial charge in [0.15, 0.2) is 15.8 Å². The molecule has 26 heavy (non-hydrogen) atoms. The molecule has 9 heteroatoms. The lowest BCUT2D eigenvalue weighted by atomic mass is 10.0. The first kappa shape index (κ1) is 18.1. The van der Waals surface area contributed by atoms with Gasteiger partial charge in [0.2, 0.25) is 0 Å². The predicted molar refractivity (Wildman–Crippen MR) is 97.7 cm³/mol. The second kappa shape index (κ2) is 6.89. The van der Waals surface area contributed by atoms with Crippen LogP contribution in [0.5, 0.6) is 5.88 Å². The van der Waals surface area contributed by atoms with E-state index in [0.29, 0.717) is 10.1 Å². The van der Waals surface area contributed by atoms with Gasteiger partial charge in [-0.15, -0.1) is 11.3 Å². The van der Waals surface area contributed by atoms with Gasteiger partial charge < -0.3 is 10.2 Å². The van der Waals surface area contributed by atoms with Crippen molar-refractivity contribution in [1.29, 1.82) is 0 Å². The summed E-state index contributed by atoms with van der Waals surface area (Å²) in [7, 11) is 0. The Morgan fingerprint density at radius 2 is 2.12 bits per heavy atom. The molecule has 0 aliphatic heterocycles. The lowest BCUT2D eigenvalue weighted by Crippen LogP contribution is -2.42. The number of thiazole rings is 1. The third kappa shape index (κ3) is 3.09. The second-order valence-corrected chi connectivity index (χ2v) is 7.31. The molecule has 3 heterocycles. The number of aromatic nitrogens is 3. The van der Waals surface area contributed by atoms with E-state index in [9.17, 15) is 19.8 Å². The molecule has 0 spiro atoms. The molecule has 0 fully saturated rings. The monoisotopic (exact) mass is 392 g/mol. The molecular formula is C17H15ClN3O4S+. The standard InChI is InChI=1S/C17H14ClN3O4S/c1-9(22)13(10(2)23)14-15(24)20-6-4-3-5-12(20)21(16(14)25)8-11-7-19-17(18)26-11/h3-7H,8H2,1-2H3,(H-,22,23,24,25)/p+1. The summed E-state index contributed by atoms with van der Waals surface area (Å²) < 4.78 is 3.13. The summed E-state index contributed by atoms with van der Waals surface area (Å²) in [5, 5.41) is 20.7. The molecule has 7 nitrogen and oxygen atoms in total. The zero-order valence-electron chi connectivity index (χ0n) is 13.9. The fourth-order valence-corrected chi connectivity index (χ4v) is 3.75. The number of rotatable bonds is 4. The van der Waals surface area contributed by atoms with Crippen molar-refractivity contribution >= 4 is 39.9 Å². The molecule has 3 aromatic rings. The zero-order chi connectivity index (χ0) is 19.0. The number of aliphatic hydroxyl groups is 1. The number of ketones is 1. The molecule has 0 radical (unpaired) electrons. The SMILES string of the molecule is CC(=O)C(=C(C)O)c1c(O)[n+](Cc2cnc(Cl)s2)c2ccccn2c1=O. The highest BCUT2D eigenvalue weighted by Crippen LogP contribution is 2.24. The minimum absolute atomic E-state index is 0.187. The smallest absolute Gasteiger partial charge is 0.354 e. The Morgan fingerprint density at radius 1 is 1.38 bits per heavy atom. The van der Waals surface area contributed by atoms with Crippen LogP contribution in [-0.2, 0) is 11.3 Å². The second-order valence-electron chi connectivity index (χ2n) is 5.61. The average Bonchev–Trinajstić information content (AvgIpc) is 2.99. The summed E-state index contributed by atoms with van der Waals surface area (Å²) in [6.07, 6.45) is 3.10. The number of hydrogen-bond donors (Lipinski definition) is 2. The molecule has 0 aromatic carbocycles. The van der Waals surface area contributed by atoms with Crippen LogP contribution in [-0.4, -0.2) is 25.4 Å². The van der Waals surface area contributed by atoms with Gasteiger partial charge in [0.25, 0.3) is 11.5 Å². The van der Waals surface area contributed by atoms with Crippen molar-refractivity contribution in [1.82, 2.24) is 9.38 Å². The fourth-order valence-electron chi connectivity index (χ4n) is 2.78. The van der Waals surface area contributed by atoms with Gasteiger partial charge in [-0.3, -0.25) is 4.79 Å².